The third kappa shape index (κ3) is 6.05. The smallest absolute Gasteiger partial charge is 0.207 e. The molecule has 30 heavy (non-hydrogen) atoms. The van der Waals surface area contributed by atoms with Crippen molar-refractivity contribution in [3.8, 4) is 0 Å². The molecule has 0 saturated heterocycles. The van der Waals surface area contributed by atoms with Crippen LogP contribution in [0.2, 0.25) is 0 Å². The third-order valence-electron chi connectivity index (χ3n) is 5.42. The van der Waals surface area contributed by atoms with Crippen molar-refractivity contribution in [2.24, 2.45) is 0 Å². The molecule has 0 aliphatic heterocycles. The van der Waals surface area contributed by atoms with Crippen LogP contribution >= 0.6 is 0 Å². The molecule has 0 radical (unpaired) electrons. The van der Waals surface area contributed by atoms with Crippen LogP contribution in [0.1, 0.15) is 94.9 Å². The highest BCUT2D eigenvalue weighted by Gasteiger charge is 2.28. The van der Waals surface area contributed by atoms with E-state index in [0.717, 1.165) is 16.7 Å². The molecule has 2 rings (SSSR count). The predicted octanol–water partition coefficient (Wildman–Crippen LogP) is 6.83. The van der Waals surface area contributed by atoms with Crippen molar-refractivity contribution in [3.05, 3.63) is 70.8 Å². The van der Waals surface area contributed by atoms with Crippen molar-refractivity contribution < 1.29 is 8.42 Å². The monoisotopic (exact) mass is 427 g/mol. The van der Waals surface area contributed by atoms with Crippen molar-refractivity contribution in [2.45, 2.75) is 83.6 Å². The molecule has 2 aromatic carbocycles. The van der Waals surface area contributed by atoms with E-state index in [2.05, 4.69) is 58.4 Å². The van der Waals surface area contributed by atoms with Gasteiger partial charge in [-0.15, -0.1) is 0 Å². The van der Waals surface area contributed by atoms with Crippen LogP contribution in [0.3, 0.4) is 0 Å². The van der Waals surface area contributed by atoms with E-state index in [4.69, 9.17) is 0 Å². The van der Waals surface area contributed by atoms with Gasteiger partial charge in [-0.2, -0.15) is 0 Å². The largest absolute Gasteiger partial charge is 0.241 e. The Morgan fingerprint density at radius 3 is 1.83 bits per heavy atom. The molecular formula is C26H37NO2S. The Bertz CT molecular complexity index is 929. The molecule has 0 aliphatic rings. The topological polar surface area (TPSA) is 46.2 Å². The molecule has 0 bridgehead atoms. The Morgan fingerprint density at radius 2 is 1.40 bits per heavy atom. The first kappa shape index (κ1) is 24.4. The van der Waals surface area contributed by atoms with Gasteiger partial charge in [0.15, 0.2) is 0 Å². The fraction of sp³-hybridized carbons (Fsp3) is 0.462. The minimum atomic E-state index is -3.67. The highest BCUT2D eigenvalue weighted by molar-refractivity contribution is 7.89. The first-order valence-electron chi connectivity index (χ1n) is 11.0. The number of benzene rings is 2. The fourth-order valence-electron chi connectivity index (χ4n) is 3.51. The van der Waals surface area contributed by atoms with Crippen LogP contribution in [0.5, 0.6) is 0 Å². The first-order chi connectivity index (χ1) is 14.1. The summed E-state index contributed by atoms with van der Waals surface area (Å²) >= 11 is 0. The molecule has 0 spiro atoms. The second-order valence-electron chi connectivity index (χ2n) is 8.90. The molecule has 0 fully saturated rings. The quantitative estimate of drug-likeness (QED) is 0.477. The summed E-state index contributed by atoms with van der Waals surface area (Å²) in [6, 6.07) is 13.8. The average Bonchev–Trinajstić information content (AvgIpc) is 2.70. The predicted molar refractivity (Wildman–Crippen MR) is 129 cm³/mol. The van der Waals surface area contributed by atoms with E-state index in [1.807, 2.05) is 49.4 Å². The Balaban J connectivity index is 2.50. The summed E-state index contributed by atoms with van der Waals surface area (Å²) in [5, 5.41) is 0. The lowest BCUT2D eigenvalue weighted by atomic mass is 9.89. The Hall–Kier alpha value is -1.91. The second-order valence-corrected chi connectivity index (χ2v) is 10.5. The van der Waals surface area contributed by atoms with E-state index in [0.29, 0.717) is 17.2 Å². The summed E-state index contributed by atoms with van der Waals surface area (Å²) in [4.78, 5) is 0.462. The van der Waals surface area contributed by atoms with Crippen LogP contribution in [0.4, 0.5) is 0 Å². The minimum absolute atomic E-state index is 0.118. The van der Waals surface area contributed by atoms with Crippen LogP contribution in [0.15, 0.2) is 53.4 Å². The van der Waals surface area contributed by atoms with Crippen LogP contribution in [-0.4, -0.2) is 14.5 Å². The first-order valence-corrected chi connectivity index (χ1v) is 12.5. The van der Waals surface area contributed by atoms with E-state index < -0.39 is 10.0 Å². The molecule has 0 amide bonds. The fourth-order valence-corrected chi connectivity index (χ4v) is 5.48. The molecule has 1 N–H and O–H groups in total. The highest BCUT2D eigenvalue weighted by atomic mass is 32.2. The van der Waals surface area contributed by atoms with E-state index >= 15 is 0 Å². The molecule has 2 aromatic rings. The molecule has 0 unspecified atom stereocenters. The molecule has 4 heteroatoms. The normalized spacial score (nSPS) is 13.7. The van der Waals surface area contributed by atoms with E-state index in [1.54, 1.807) is 0 Å². The lowest BCUT2D eigenvalue weighted by Gasteiger charge is -2.24. The zero-order valence-electron chi connectivity index (χ0n) is 19.4. The summed E-state index contributed by atoms with van der Waals surface area (Å²) in [5.41, 5.74) is 4.05. The van der Waals surface area contributed by atoms with Crippen molar-refractivity contribution in [1.82, 2.24) is 4.72 Å². The van der Waals surface area contributed by atoms with Crippen molar-refractivity contribution in [3.63, 3.8) is 0 Å². The SMILES string of the molecule is CC[C@@H](/C=C/c1ccccc1)NS(=O)(=O)c1c(C(C)C)cc(C(C)C)cc1C(C)C. The van der Waals surface area contributed by atoms with Crippen molar-refractivity contribution in [1.29, 1.82) is 0 Å². The maximum atomic E-state index is 13.6. The van der Waals surface area contributed by atoms with Crippen molar-refractivity contribution >= 4 is 16.1 Å². The van der Waals surface area contributed by atoms with Gasteiger partial charge in [0.25, 0.3) is 0 Å². The number of sulfonamides is 1. The standard InChI is InChI=1S/C26H37NO2S/c1-8-23(15-14-21-12-10-9-11-13-21)27-30(28,29)26-24(19(4)5)16-22(18(2)3)17-25(26)20(6)7/h9-20,23,27H,8H2,1-7H3/b15-14+/t23-/m0/s1. The number of hydrogen-bond acceptors (Lipinski definition) is 2. The summed E-state index contributed by atoms with van der Waals surface area (Å²) in [7, 11) is -3.67. The molecule has 0 aromatic heterocycles. The van der Waals surface area contributed by atoms with Gasteiger partial charge in [0.2, 0.25) is 10.0 Å². The van der Waals surface area contributed by atoms with Gasteiger partial charge in [-0.3, -0.25) is 0 Å². The lowest BCUT2D eigenvalue weighted by Crippen LogP contribution is -2.34. The van der Waals surface area contributed by atoms with Gasteiger partial charge in [-0.05, 0) is 46.4 Å². The zero-order valence-corrected chi connectivity index (χ0v) is 20.3. The average molecular weight is 428 g/mol. The summed E-state index contributed by atoms with van der Waals surface area (Å²) in [6.45, 7) is 14.6. The zero-order chi connectivity index (χ0) is 22.5. The van der Waals surface area contributed by atoms with E-state index in [1.165, 1.54) is 5.56 Å². The number of nitrogens with one attached hydrogen (secondary N) is 1. The Labute approximate surface area is 183 Å². The van der Waals surface area contributed by atoms with Crippen molar-refractivity contribution in [2.75, 3.05) is 0 Å². The van der Waals surface area contributed by atoms with Gasteiger partial charge in [0, 0.05) is 6.04 Å². The summed E-state index contributed by atoms with van der Waals surface area (Å²) in [6.07, 6.45) is 4.60. The van der Waals surface area contributed by atoms with Crippen LogP contribution in [0.25, 0.3) is 6.08 Å². The van der Waals surface area contributed by atoms with Gasteiger partial charge in [0.05, 0.1) is 4.90 Å². The van der Waals surface area contributed by atoms with Gasteiger partial charge < -0.3 is 0 Å². The minimum Gasteiger partial charge on any atom is -0.207 e. The molecule has 0 heterocycles. The molecule has 1 atom stereocenters. The van der Waals surface area contributed by atoms with Crippen LogP contribution in [-0.2, 0) is 10.0 Å². The second kappa shape index (κ2) is 10.4. The number of rotatable bonds is 9. The van der Waals surface area contributed by atoms with Gasteiger partial charge in [0.1, 0.15) is 0 Å². The van der Waals surface area contributed by atoms with Gasteiger partial charge in [-0.25, -0.2) is 13.1 Å². The van der Waals surface area contributed by atoms with Crippen LogP contribution < -0.4 is 4.72 Å². The number of hydrogen-bond donors (Lipinski definition) is 1. The van der Waals surface area contributed by atoms with Gasteiger partial charge in [-0.1, -0.05) is 103 Å². The molecule has 3 nitrogen and oxygen atoms in total. The Morgan fingerprint density at radius 1 is 0.867 bits per heavy atom. The van der Waals surface area contributed by atoms with Crippen LogP contribution in [0, 0.1) is 0 Å². The van der Waals surface area contributed by atoms with Gasteiger partial charge >= 0.3 is 0 Å². The van der Waals surface area contributed by atoms with E-state index in [-0.39, 0.29) is 17.9 Å². The lowest BCUT2D eigenvalue weighted by molar-refractivity contribution is 0.563. The molecule has 164 valence electrons. The summed E-state index contributed by atoms with van der Waals surface area (Å²) < 4.78 is 30.2. The molecule has 0 aliphatic carbocycles. The molecular weight excluding hydrogens is 390 g/mol. The van der Waals surface area contributed by atoms with E-state index in [9.17, 15) is 8.42 Å². The maximum Gasteiger partial charge on any atom is 0.241 e. The Kier molecular flexibility index (Phi) is 8.45. The third-order valence-corrected chi connectivity index (χ3v) is 7.04. The molecule has 0 saturated carbocycles. The summed E-state index contributed by atoms with van der Waals surface area (Å²) in [5.74, 6) is 0.585. The maximum absolute atomic E-state index is 13.6. The highest BCUT2D eigenvalue weighted by Crippen LogP contribution is 2.35.